The van der Waals surface area contributed by atoms with Crippen LogP contribution >= 0.6 is 12.2 Å². The maximum absolute atomic E-state index is 13.9. The normalized spacial score (nSPS) is 14.7. The Morgan fingerprint density at radius 3 is 2.35 bits per heavy atom. The molecule has 1 saturated heterocycles. The summed E-state index contributed by atoms with van der Waals surface area (Å²) < 4.78 is 19.3. The maximum Gasteiger partial charge on any atom is 0.146 e. The van der Waals surface area contributed by atoms with E-state index in [4.69, 9.17) is 17.0 Å². The zero-order valence-corrected chi connectivity index (χ0v) is 13.9. The van der Waals surface area contributed by atoms with Crippen molar-refractivity contribution in [3.8, 4) is 5.75 Å². The Hall–Kier alpha value is -2.14. The van der Waals surface area contributed by atoms with E-state index in [0.29, 0.717) is 5.69 Å². The van der Waals surface area contributed by atoms with Gasteiger partial charge in [0, 0.05) is 26.2 Å². The van der Waals surface area contributed by atoms with E-state index in [1.165, 1.54) is 6.07 Å². The number of nitrogens with zero attached hydrogens (tertiary/aromatic N) is 2. The summed E-state index contributed by atoms with van der Waals surface area (Å²) in [6, 6.07) is 14.7. The Morgan fingerprint density at radius 1 is 1.00 bits per heavy atom. The first-order valence-corrected chi connectivity index (χ1v) is 8.03. The topological polar surface area (TPSA) is 15.7 Å². The van der Waals surface area contributed by atoms with Gasteiger partial charge < -0.3 is 14.5 Å². The van der Waals surface area contributed by atoms with Crippen LogP contribution in [-0.4, -0.2) is 43.2 Å². The minimum Gasteiger partial charge on any atom is -0.496 e. The van der Waals surface area contributed by atoms with Crippen LogP contribution < -0.4 is 9.64 Å². The molecule has 0 bridgehead atoms. The van der Waals surface area contributed by atoms with Crippen molar-refractivity contribution in [3.63, 3.8) is 0 Å². The zero-order valence-electron chi connectivity index (χ0n) is 13.0. The van der Waals surface area contributed by atoms with Crippen molar-refractivity contribution in [2.75, 3.05) is 38.2 Å². The third-order valence-electron chi connectivity index (χ3n) is 4.10. The first-order chi connectivity index (χ1) is 11.2. The lowest BCUT2D eigenvalue weighted by molar-refractivity contribution is 0.384. The van der Waals surface area contributed by atoms with Crippen molar-refractivity contribution in [1.29, 1.82) is 0 Å². The first kappa shape index (κ1) is 15.7. The molecule has 0 aliphatic carbocycles. The standard InChI is InChI=1S/C18H19FN2OS/c1-22-17-9-5-2-6-14(17)18(23)21-12-10-20(11-13-21)16-8-4-3-7-15(16)19/h2-9H,10-13H2,1H3. The monoisotopic (exact) mass is 330 g/mol. The highest BCUT2D eigenvalue weighted by Gasteiger charge is 2.22. The van der Waals surface area contributed by atoms with E-state index in [0.717, 1.165) is 42.5 Å². The van der Waals surface area contributed by atoms with E-state index in [-0.39, 0.29) is 5.82 Å². The van der Waals surface area contributed by atoms with E-state index < -0.39 is 0 Å². The Bertz CT molecular complexity index is 699. The number of piperazine rings is 1. The molecule has 1 heterocycles. The highest BCUT2D eigenvalue weighted by atomic mass is 32.1. The Morgan fingerprint density at radius 2 is 1.65 bits per heavy atom. The summed E-state index contributed by atoms with van der Waals surface area (Å²) in [5.74, 6) is 0.613. The fourth-order valence-corrected chi connectivity index (χ4v) is 3.20. The molecule has 0 spiro atoms. The van der Waals surface area contributed by atoms with Crippen molar-refractivity contribution in [1.82, 2.24) is 4.90 Å². The highest BCUT2D eigenvalue weighted by molar-refractivity contribution is 7.80. The molecule has 0 saturated carbocycles. The van der Waals surface area contributed by atoms with Crippen LogP contribution in [0.2, 0.25) is 0 Å². The quantitative estimate of drug-likeness (QED) is 0.802. The van der Waals surface area contributed by atoms with Crippen molar-refractivity contribution in [3.05, 3.63) is 59.9 Å². The Labute approximate surface area is 141 Å². The summed E-state index contributed by atoms with van der Waals surface area (Å²) in [5, 5.41) is 0. The largest absolute Gasteiger partial charge is 0.496 e. The fraction of sp³-hybridized carbons (Fsp3) is 0.278. The van der Waals surface area contributed by atoms with Crippen LogP contribution in [0.3, 0.4) is 0 Å². The van der Waals surface area contributed by atoms with Crippen LogP contribution in [0.4, 0.5) is 10.1 Å². The second kappa shape index (κ2) is 6.96. The van der Waals surface area contributed by atoms with E-state index >= 15 is 0 Å². The number of benzene rings is 2. The molecule has 0 amide bonds. The summed E-state index contributed by atoms with van der Waals surface area (Å²) in [7, 11) is 1.65. The average molecular weight is 330 g/mol. The van der Waals surface area contributed by atoms with Crippen LogP contribution in [0.5, 0.6) is 5.75 Å². The molecule has 1 aliphatic rings. The fourth-order valence-electron chi connectivity index (χ4n) is 2.85. The van der Waals surface area contributed by atoms with Gasteiger partial charge in [-0.2, -0.15) is 0 Å². The molecule has 0 N–H and O–H groups in total. The van der Waals surface area contributed by atoms with Gasteiger partial charge in [0.25, 0.3) is 0 Å². The number of hydrogen-bond acceptors (Lipinski definition) is 3. The van der Waals surface area contributed by atoms with Gasteiger partial charge in [0.1, 0.15) is 16.6 Å². The van der Waals surface area contributed by atoms with Gasteiger partial charge in [-0.15, -0.1) is 0 Å². The number of hydrogen-bond donors (Lipinski definition) is 0. The second-order valence-corrected chi connectivity index (χ2v) is 5.82. The molecule has 3 nitrogen and oxygen atoms in total. The molecule has 0 radical (unpaired) electrons. The zero-order chi connectivity index (χ0) is 16.2. The molecule has 5 heteroatoms. The smallest absolute Gasteiger partial charge is 0.146 e. The Kier molecular flexibility index (Phi) is 4.76. The van der Waals surface area contributed by atoms with Gasteiger partial charge in [-0.05, 0) is 24.3 Å². The van der Waals surface area contributed by atoms with Gasteiger partial charge in [-0.3, -0.25) is 0 Å². The number of halogens is 1. The minimum atomic E-state index is -0.173. The van der Waals surface area contributed by atoms with E-state index in [1.54, 1.807) is 13.2 Å². The number of anilines is 1. The number of ether oxygens (including phenoxy) is 1. The molecule has 2 aromatic carbocycles. The molecule has 0 aromatic heterocycles. The van der Waals surface area contributed by atoms with Crippen LogP contribution in [0.1, 0.15) is 5.56 Å². The highest BCUT2D eigenvalue weighted by Crippen LogP contribution is 2.23. The summed E-state index contributed by atoms with van der Waals surface area (Å²) in [4.78, 5) is 5.01. The van der Waals surface area contributed by atoms with Crippen molar-refractivity contribution >= 4 is 22.9 Å². The van der Waals surface area contributed by atoms with Gasteiger partial charge in [-0.25, -0.2) is 4.39 Å². The van der Waals surface area contributed by atoms with Gasteiger partial charge in [0.15, 0.2) is 0 Å². The van der Waals surface area contributed by atoms with Gasteiger partial charge in [0.2, 0.25) is 0 Å². The van der Waals surface area contributed by atoms with Crippen molar-refractivity contribution in [2.45, 2.75) is 0 Å². The molecule has 0 unspecified atom stereocenters. The lowest BCUT2D eigenvalue weighted by Gasteiger charge is -2.37. The third-order valence-corrected chi connectivity index (χ3v) is 4.58. The summed E-state index contributed by atoms with van der Waals surface area (Å²) in [6.45, 7) is 3.03. The van der Waals surface area contributed by atoms with Crippen molar-refractivity contribution in [2.24, 2.45) is 0 Å². The molecule has 2 aromatic rings. The Balaban J connectivity index is 1.69. The van der Waals surface area contributed by atoms with Gasteiger partial charge in [-0.1, -0.05) is 36.5 Å². The molecule has 1 fully saturated rings. The summed E-state index contributed by atoms with van der Waals surface area (Å²) in [6.07, 6.45) is 0. The predicted octanol–water partition coefficient (Wildman–Crippen LogP) is 3.33. The van der Waals surface area contributed by atoms with Crippen molar-refractivity contribution < 1.29 is 9.13 Å². The molecule has 120 valence electrons. The molecular formula is C18H19FN2OS. The number of methoxy groups -OCH3 is 1. The minimum absolute atomic E-state index is 0.173. The average Bonchev–Trinajstić information content (AvgIpc) is 2.61. The van der Waals surface area contributed by atoms with Gasteiger partial charge in [0.05, 0.1) is 18.4 Å². The number of rotatable bonds is 3. The van der Waals surface area contributed by atoms with Crippen LogP contribution in [0, 0.1) is 5.82 Å². The molecule has 23 heavy (non-hydrogen) atoms. The molecule has 0 atom stereocenters. The summed E-state index contributed by atoms with van der Waals surface area (Å²) >= 11 is 5.63. The molecular weight excluding hydrogens is 311 g/mol. The lowest BCUT2D eigenvalue weighted by Crippen LogP contribution is -2.48. The van der Waals surface area contributed by atoms with Crippen LogP contribution in [-0.2, 0) is 0 Å². The van der Waals surface area contributed by atoms with Crippen LogP contribution in [0.25, 0.3) is 0 Å². The van der Waals surface area contributed by atoms with Gasteiger partial charge >= 0.3 is 0 Å². The van der Waals surface area contributed by atoms with Crippen LogP contribution in [0.15, 0.2) is 48.5 Å². The molecule has 1 aliphatic heterocycles. The second-order valence-electron chi connectivity index (χ2n) is 5.43. The number of thiocarbonyl (C=S) groups is 1. The molecule has 3 rings (SSSR count). The predicted molar refractivity (Wildman–Crippen MR) is 94.9 cm³/mol. The first-order valence-electron chi connectivity index (χ1n) is 7.62. The summed E-state index contributed by atoms with van der Waals surface area (Å²) in [5.41, 5.74) is 1.60. The maximum atomic E-state index is 13.9. The van der Waals surface area contributed by atoms with E-state index in [9.17, 15) is 4.39 Å². The third kappa shape index (κ3) is 3.29. The lowest BCUT2D eigenvalue weighted by atomic mass is 10.1. The van der Waals surface area contributed by atoms with E-state index in [2.05, 4.69) is 9.80 Å². The SMILES string of the molecule is COc1ccccc1C(=S)N1CCN(c2ccccc2F)CC1. The number of para-hydroxylation sites is 2. The van der Waals surface area contributed by atoms with E-state index in [1.807, 2.05) is 36.4 Å².